The van der Waals surface area contributed by atoms with Crippen molar-refractivity contribution in [3.05, 3.63) is 53.6 Å². The third kappa shape index (κ3) is 7.00. The fraction of sp³-hybridized carbons (Fsp3) is 0.417. The van der Waals surface area contributed by atoms with E-state index in [0.717, 1.165) is 21.7 Å². The normalized spacial score (nSPS) is 12.6. The van der Waals surface area contributed by atoms with Crippen LogP contribution in [0.4, 0.5) is 5.69 Å². The quantitative estimate of drug-likeness (QED) is 0.606. The number of amides is 2. The Balaban J connectivity index is 1.93. The molecule has 1 unspecified atom stereocenters. The van der Waals surface area contributed by atoms with Gasteiger partial charge in [0.1, 0.15) is 6.54 Å². The lowest BCUT2D eigenvalue weighted by atomic mass is 10.1. The molecular formula is C24H34N3O4+. The molecule has 2 atom stereocenters. The summed E-state index contributed by atoms with van der Waals surface area (Å²) in [6.45, 7) is 6.99. The molecule has 0 saturated carbocycles. The van der Waals surface area contributed by atoms with Crippen LogP contribution in [0.15, 0.2) is 42.5 Å². The van der Waals surface area contributed by atoms with Crippen LogP contribution in [0.25, 0.3) is 0 Å². The first-order valence-electron chi connectivity index (χ1n) is 10.5. The second kappa shape index (κ2) is 11.4. The molecular weight excluding hydrogens is 394 g/mol. The van der Waals surface area contributed by atoms with Gasteiger partial charge in [-0.2, -0.15) is 0 Å². The highest BCUT2D eigenvalue weighted by Crippen LogP contribution is 2.27. The Labute approximate surface area is 184 Å². The predicted molar refractivity (Wildman–Crippen MR) is 122 cm³/mol. The smallest absolute Gasteiger partial charge is 0.280 e. The molecule has 31 heavy (non-hydrogen) atoms. The molecule has 0 spiro atoms. The summed E-state index contributed by atoms with van der Waals surface area (Å²) in [5.41, 5.74) is 2.88. The Morgan fingerprint density at radius 2 is 1.81 bits per heavy atom. The summed E-state index contributed by atoms with van der Waals surface area (Å²) in [5.74, 6) is 1.07. The van der Waals surface area contributed by atoms with Gasteiger partial charge in [-0.15, -0.1) is 0 Å². The number of benzene rings is 2. The van der Waals surface area contributed by atoms with Gasteiger partial charge in [-0.1, -0.05) is 17.7 Å². The zero-order valence-corrected chi connectivity index (χ0v) is 19.3. The molecule has 2 amide bonds. The van der Waals surface area contributed by atoms with Crippen LogP contribution in [0, 0.1) is 6.92 Å². The van der Waals surface area contributed by atoms with Gasteiger partial charge in [0, 0.05) is 18.3 Å². The number of aryl methyl sites for hydroxylation is 1. The number of likely N-dealkylation sites (N-methyl/N-ethyl adjacent to an activating group) is 2. The highest BCUT2D eigenvalue weighted by molar-refractivity contribution is 5.94. The van der Waals surface area contributed by atoms with E-state index in [-0.39, 0.29) is 24.4 Å². The van der Waals surface area contributed by atoms with Crippen molar-refractivity contribution < 1.29 is 24.0 Å². The minimum atomic E-state index is -0.310. The number of carbonyl (C=O) groups excluding carboxylic acids is 2. The maximum absolute atomic E-state index is 12.9. The van der Waals surface area contributed by atoms with Gasteiger partial charge >= 0.3 is 0 Å². The zero-order chi connectivity index (χ0) is 23.0. The van der Waals surface area contributed by atoms with Crippen LogP contribution in [0.5, 0.6) is 11.5 Å². The number of methoxy groups -OCH3 is 1. The first-order chi connectivity index (χ1) is 14.7. The van der Waals surface area contributed by atoms with Gasteiger partial charge in [-0.25, -0.2) is 0 Å². The van der Waals surface area contributed by atoms with Crippen LogP contribution >= 0.6 is 0 Å². The first kappa shape index (κ1) is 24.2. The molecule has 0 bridgehead atoms. The van der Waals surface area contributed by atoms with Crippen molar-refractivity contribution >= 4 is 17.5 Å². The minimum absolute atomic E-state index is 0.00120. The molecule has 2 N–H and O–H groups in total. The first-order valence-corrected chi connectivity index (χ1v) is 10.5. The number of hydrogen-bond donors (Lipinski definition) is 2. The lowest BCUT2D eigenvalue weighted by Crippen LogP contribution is -3.12. The number of hydrogen-bond acceptors (Lipinski definition) is 4. The summed E-state index contributed by atoms with van der Waals surface area (Å²) < 4.78 is 11.0. The Kier molecular flexibility index (Phi) is 8.88. The Morgan fingerprint density at radius 3 is 2.42 bits per heavy atom. The van der Waals surface area contributed by atoms with Crippen molar-refractivity contribution in [1.82, 2.24) is 4.90 Å². The summed E-state index contributed by atoms with van der Waals surface area (Å²) in [7, 11) is 5.23. The van der Waals surface area contributed by atoms with E-state index in [1.807, 2.05) is 70.3 Å². The van der Waals surface area contributed by atoms with Crippen molar-refractivity contribution in [2.45, 2.75) is 33.4 Å². The largest absolute Gasteiger partial charge is 0.493 e. The fourth-order valence-corrected chi connectivity index (χ4v) is 3.24. The van der Waals surface area contributed by atoms with Crippen LogP contribution in [0.2, 0.25) is 0 Å². The van der Waals surface area contributed by atoms with Crippen LogP contribution in [-0.4, -0.2) is 57.1 Å². The van der Waals surface area contributed by atoms with Crippen molar-refractivity contribution in [1.29, 1.82) is 0 Å². The average Bonchev–Trinajstić information content (AvgIpc) is 2.75. The third-order valence-electron chi connectivity index (χ3n) is 5.21. The lowest BCUT2D eigenvalue weighted by molar-refractivity contribution is -0.908. The second-order valence-electron chi connectivity index (χ2n) is 7.77. The van der Waals surface area contributed by atoms with E-state index in [2.05, 4.69) is 5.32 Å². The van der Waals surface area contributed by atoms with Crippen molar-refractivity contribution in [3.63, 3.8) is 0 Å². The summed E-state index contributed by atoms with van der Waals surface area (Å²) in [6, 6.07) is 13.0. The van der Waals surface area contributed by atoms with E-state index in [9.17, 15) is 9.59 Å². The highest BCUT2D eigenvalue weighted by atomic mass is 16.5. The summed E-state index contributed by atoms with van der Waals surface area (Å²) >= 11 is 0. The van der Waals surface area contributed by atoms with E-state index >= 15 is 0 Å². The van der Waals surface area contributed by atoms with Gasteiger partial charge in [-0.05, 0) is 51.1 Å². The van der Waals surface area contributed by atoms with Gasteiger partial charge in [0.25, 0.3) is 5.91 Å². The molecule has 0 heterocycles. The summed E-state index contributed by atoms with van der Waals surface area (Å²) in [5, 5.41) is 2.83. The lowest BCUT2D eigenvalue weighted by Gasteiger charge is -2.25. The number of quaternary nitrogens is 1. The standard InChI is InChI=1S/C24H33N3O4/c1-7-31-21-13-10-19(14-22(21)30-6)15-26(4)18(3)24(29)27(5)16-23(28)25-20-11-8-17(2)9-12-20/h8-14,18H,7,15-16H2,1-6H3,(H,25,28)/p+1/t18-/m1/s1. The van der Waals surface area contributed by atoms with Crippen LogP contribution in [0.3, 0.4) is 0 Å². The monoisotopic (exact) mass is 428 g/mol. The maximum atomic E-state index is 12.9. The highest BCUT2D eigenvalue weighted by Gasteiger charge is 2.26. The number of carbonyl (C=O) groups is 2. The fourth-order valence-electron chi connectivity index (χ4n) is 3.24. The SMILES string of the molecule is CCOc1ccc(C[NH+](C)[C@H](C)C(=O)N(C)CC(=O)Nc2ccc(C)cc2)cc1OC. The van der Waals surface area contributed by atoms with E-state index in [1.54, 1.807) is 14.2 Å². The number of nitrogens with one attached hydrogen (secondary N) is 2. The molecule has 0 aliphatic rings. The molecule has 0 aliphatic heterocycles. The van der Waals surface area contributed by atoms with Crippen molar-refractivity contribution in [2.24, 2.45) is 0 Å². The Hall–Kier alpha value is -3.06. The molecule has 0 aromatic heterocycles. The van der Waals surface area contributed by atoms with E-state index < -0.39 is 0 Å². The van der Waals surface area contributed by atoms with Gasteiger partial charge in [0.2, 0.25) is 5.91 Å². The molecule has 0 radical (unpaired) electrons. The molecule has 7 nitrogen and oxygen atoms in total. The van der Waals surface area contributed by atoms with Crippen LogP contribution in [-0.2, 0) is 16.1 Å². The molecule has 0 aliphatic carbocycles. The number of ether oxygens (including phenoxy) is 2. The van der Waals surface area contributed by atoms with Gasteiger partial charge in [0.05, 0.1) is 27.3 Å². The summed E-state index contributed by atoms with van der Waals surface area (Å²) in [6.07, 6.45) is 0. The number of rotatable bonds is 10. The van der Waals surface area contributed by atoms with Crippen LogP contribution < -0.4 is 19.7 Å². The van der Waals surface area contributed by atoms with Crippen molar-refractivity contribution in [3.8, 4) is 11.5 Å². The Bertz CT molecular complexity index is 883. The van der Waals surface area contributed by atoms with E-state index in [4.69, 9.17) is 9.47 Å². The maximum Gasteiger partial charge on any atom is 0.280 e. The second-order valence-corrected chi connectivity index (χ2v) is 7.77. The zero-order valence-electron chi connectivity index (χ0n) is 19.3. The van der Waals surface area contributed by atoms with E-state index in [0.29, 0.717) is 24.7 Å². The van der Waals surface area contributed by atoms with E-state index in [1.165, 1.54) is 4.90 Å². The molecule has 2 rings (SSSR count). The van der Waals surface area contributed by atoms with Crippen LogP contribution in [0.1, 0.15) is 25.0 Å². The minimum Gasteiger partial charge on any atom is -0.493 e. The molecule has 168 valence electrons. The molecule has 7 heteroatoms. The Morgan fingerprint density at radius 1 is 1.13 bits per heavy atom. The predicted octanol–water partition coefficient (Wildman–Crippen LogP) is 1.90. The number of nitrogens with zero attached hydrogens (tertiary/aromatic N) is 1. The number of anilines is 1. The van der Waals surface area contributed by atoms with Gasteiger partial charge in [-0.3, -0.25) is 9.59 Å². The molecule has 0 fully saturated rings. The van der Waals surface area contributed by atoms with Gasteiger partial charge in [0.15, 0.2) is 17.5 Å². The van der Waals surface area contributed by atoms with Crippen molar-refractivity contribution in [2.75, 3.05) is 39.7 Å². The average molecular weight is 429 g/mol. The molecule has 2 aromatic rings. The molecule has 2 aromatic carbocycles. The third-order valence-corrected chi connectivity index (χ3v) is 5.21. The topological polar surface area (TPSA) is 72.3 Å². The summed E-state index contributed by atoms with van der Waals surface area (Å²) in [4.78, 5) is 27.6. The van der Waals surface area contributed by atoms with Gasteiger partial charge < -0.3 is 24.6 Å². The molecule has 0 saturated heterocycles.